The highest BCUT2D eigenvalue weighted by Crippen LogP contribution is 2.46. The molecule has 0 bridgehead atoms. The van der Waals surface area contributed by atoms with E-state index in [1.807, 2.05) is 0 Å². The van der Waals surface area contributed by atoms with E-state index in [-0.39, 0.29) is 0 Å². The predicted molar refractivity (Wildman–Crippen MR) is 208 cm³/mol. The fourth-order valence-corrected chi connectivity index (χ4v) is 5.82. The highest BCUT2D eigenvalue weighted by atomic mass is 16.3. The number of furan rings is 1. The van der Waals surface area contributed by atoms with Crippen LogP contribution in [0.2, 0.25) is 0 Å². The van der Waals surface area contributed by atoms with Crippen molar-refractivity contribution in [3.05, 3.63) is 181 Å². The molecule has 0 saturated carbocycles. The predicted octanol–water partition coefficient (Wildman–Crippen LogP) is 13.7. The summed E-state index contributed by atoms with van der Waals surface area (Å²) in [5.74, 6) is 0. The third kappa shape index (κ3) is 4.40. The molecular weight excluding hydrogens is 593 g/mol. The third-order valence-corrected chi connectivity index (χ3v) is 7.89. The molecule has 0 aliphatic heterocycles. The van der Waals surface area contributed by atoms with Crippen LogP contribution in [0.3, 0.4) is 0 Å². The van der Waals surface area contributed by atoms with Gasteiger partial charge in [-0.3, -0.25) is 0 Å². The number of hydrogen-bond donors (Lipinski definition) is 0. The number of hydrogen-bond acceptors (Lipinski definition) is 1. The molecule has 0 aliphatic rings. The second-order valence-electron chi connectivity index (χ2n) is 10.5. The second-order valence-corrected chi connectivity index (χ2v) is 10.5. The summed E-state index contributed by atoms with van der Waals surface area (Å²) in [7, 11) is 0. The van der Waals surface area contributed by atoms with Gasteiger partial charge in [-0.05, 0) is 101 Å². The van der Waals surface area contributed by atoms with Crippen LogP contribution in [0.15, 0.2) is 186 Å². The van der Waals surface area contributed by atoms with Crippen molar-refractivity contribution in [2.75, 3.05) is 0 Å². The maximum atomic E-state index is 9.87. The number of benzene rings is 9. The quantitative estimate of drug-likeness (QED) is 0.172. The van der Waals surface area contributed by atoms with Crippen molar-refractivity contribution < 1.29 is 45.5 Å². The highest BCUT2D eigenvalue weighted by Gasteiger charge is 2.19. The molecule has 0 radical (unpaired) electrons. The van der Waals surface area contributed by atoms with Crippen LogP contribution in [0.25, 0.3) is 98.8 Å². The third-order valence-electron chi connectivity index (χ3n) is 7.89. The average Bonchev–Trinajstić information content (AvgIpc) is 4.01. The first-order chi connectivity index (χ1) is 36.8. The van der Waals surface area contributed by atoms with E-state index in [0.717, 1.165) is 0 Å². The lowest BCUT2D eigenvalue weighted by Crippen LogP contribution is -1.92. The standard InChI is InChI=1S/C48H30O/c1-3-13-31(14-4-1)33-23-25-38-39-26-24-34(30-46(39)49-45(38)29-33)35-27-28-44(37-18-8-7-17-36(35)37)48-42-21-11-9-19-40(42)47(32-15-5-2-6-16-32)41-20-10-12-22-43(41)48/h1-30H/i1D,2D,3D,4D,5D,6D,7D,8D,9D,10D,11D,12D,13D,14D,15D,16D,17D,18D,19D,20D,21D,22D,23D,24D,25D,26D,27D,28D,29D,30D. The molecule has 10 aromatic rings. The minimum atomic E-state index is -1.13. The lowest BCUT2D eigenvalue weighted by molar-refractivity contribution is 0.669. The molecule has 228 valence electrons. The zero-order valence-electron chi connectivity index (χ0n) is 54.4. The van der Waals surface area contributed by atoms with Gasteiger partial charge in [0, 0.05) is 10.8 Å². The summed E-state index contributed by atoms with van der Waals surface area (Å²) in [6.45, 7) is 0. The Labute approximate surface area is 326 Å². The van der Waals surface area contributed by atoms with Crippen molar-refractivity contribution in [3.63, 3.8) is 0 Å². The van der Waals surface area contributed by atoms with Gasteiger partial charge in [-0.2, -0.15) is 0 Å². The summed E-state index contributed by atoms with van der Waals surface area (Å²) in [5.41, 5.74) is -7.49. The fraction of sp³-hybridized carbons (Fsp3) is 0. The van der Waals surface area contributed by atoms with Crippen molar-refractivity contribution >= 4 is 54.3 Å². The van der Waals surface area contributed by atoms with Gasteiger partial charge in [0.25, 0.3) is 0 Å². The largest absolute Gasteiger partial charge is 0.456 e. The van der Waals surface area contributed by atoms with Crippen LogP contribution in [-0.4, -0.2) is 0 Å². The van der Waals surface area contributed by atoms with Gasteiger partial charge >= 0.3 is 0 Å². The van der Waals surface area contributed by atoms with Crippen LogP contribution in [-0.2, 0) is 0 Å². The fourth-order valence-electron chi connectivity index (χ4n) is 5.82. The highest BCUT2D eigenvalue weighted by molar-refractivity contribution is 6.24. The number of rotatable bonds is 4. The lowest BCUT2D eigenvalue weighted by Gasteiger charge is -2.19. The first kappa shape index (κ1) is 11.1. The molecule has 1 heteroatoms. The van der Waals surface area contributed by atoms with Gasteiger partial charge in [0.05, 0.1) is 41.1 Å². The van der Waals surface area contributed by atoms with E-state index in [2.05, 4.69) is 0 Å². The van der Waals surface area contributed by atoms with Gasteiger partial charge in [-0.25, -0.2) is 0 Å². The Bertz CT molecular complexity index is 4460. The minimum absolute atomic E-state index is 0.506. The van der Waals surface area contributed by atoms with E-state index in [4.69, 9.17) is 29.1 Å². The lowest BCUT2D eigenvalue weighted by atomic mass is 9.84. The molecule has 0 N–H and O–H groups in total. The van der Waals surface area contributed by atoms with Gasteiger partial charge < -0.3 is 4.42 Å². The van der Waals surface area contributed by atoms with Gasteiger partial charge in [-0.1, -0.05) is 157 Å². The first-order valence-electron chi connectivity index (χ1n) is 29.4. The van der Waals surface area contributed by atoms with Crippen LogP contribution >= 0.6 is 0 Å². The van der Waals surface area contributed by atoms with Crippen molar-refractivity contribution in [2.24, 2.45) is 0 Å². The van der Waals surface area contributed by atoms with Crippen LogP contribution in [0, 0.1) is 0 Å². The van der Waals surface area contributed by atoms with E-state index in [9.17, 15) is 16.4 Å². The summed E-state index contributed by atoms with van der Waals surface area (Å²) < 4.78 is 275. The molecule has 1 nitrogen and oxygen atoms in total. The summed E-state index contributed by atoms with van der Waals surface area (Å²) >= 11 is 0. The van der Waals surface area contributed by atoms with Crippen molar-refractivity contribution in [3.8, 4) is 44.5 Å². The van der Waals surface area contributed by atoms with Crippen LogP contribution in [0.1, 0.15) is 41.1 Å². The zero-order valence-corrected chi connectivity index (χ0v) is 24.4. The van der Waals surface area contributed by atoms with Gasteiger partial charge in [0.2, 0.25) is 0 Å². The first-order valence-corrected chi connectivity index (χ1v) is 14.4. The molecule has 1 aromatic heterocycles. The Morgan fingerprint density at radius 2 is 0.714 bits per heavy atom. The molecule has 1 heterocycles. The molecule has 0 saturated heterocycles. The zero-order chi connectivity index (χ0) is 58.4. The molecular formula is C48H30O. The second kappa shape index (κ2) is 11.1. The van der Waals surface area contributed by atoms with Gasteiger partial charge in [0.15, 0.2) is 0 Å². The van der Waals surface area contributed by atoms with Crippen LogP contribution < -0.4 is 0 Å². The van der Waals surface area contributed by atoms with Crippen molar-refractivity contribution in [1.29, 1.82) is 0 Å². The Balaban J connectivity index is 1.44. The molecule has 9 aromatic carbocycles. The van der Waals surface area contributed by atoms with Crippen molar-refractivity contribution in [1.82, 2.24) is 0 Å². The van der Waals surface area contributed by atoms with E-state index >= 15 is 0 Å². The van der Waals surface area contributed by atoms with Crippen molar-refractivity contribution in [2.45, 2.75) is 0 Å². The molecule has 49 heavy (non-hydrogen) atoms. The molecule has 0 spiro atoms. The van der Waals surface area contributed by atoms with Gasteiger partial charge in [0.1, 0.15) is 11.2 Å². The molecule has 10 rings (SSSR count). The SMILES string of the molecule is [2H]c1c([2H])c([2H])c(-c2c([2H])c([2H])c3c(oc4c([2H])c(-c5c([2H])c([2H])c(-c6c7c([2H])c([2H])c([2H])c([2H])c7c(-c7c([2H])c([2H])c([2H])c([2H])c7[2H])c7c([2H])c([2H])c([2H])c([2H])c67)c6c([2H])c([2H])c([2H])c([2H])c56)c([2H])c([2H])c43)c2[2H])c([2H])c1[2H]. The van der Waals surface area contributed by atoms with Crippen LogP contribution in [0.4, 0.5) is 0 Å². The van der Waals surface area contributed by atoms with E-state index in [0.29, 0.717) is 0 Å². The Morgan fingerprint density at radius 3 is 1.31 bits per heavy atom. The van der Waals surface area contributed by atoms with E-state index < -0.39 is 280 Å². The average molecular weight is 653 g/mol. The Hall–Kier alpha value is -6.44. The summed E-state index contributed by atoms with van der Waals surface area (Å²) in [4.78, 5) is 0. The monoisotopic (exact) mass is 652 g/mol. The van der Waals surface area contributed by atoms with E-state index in [1.165, 1.54) is 0 Å². The Kier molecular flexibility index (Phi) is 2.50. The molecule has 0 fully saturated rings. The topological polar surface area (TPSA) is 13.1 Å². The molecule has 0 unspecified atom stereocenters. The van der Waals surface area contributed by atoms with Crippen LogP contribution in [0.5, 0.6) is 0 Å². The smallest absolute Gasteiger partial charge is 0.136 e. The minimum Gasteiger partial charge on any atom is -0.456 e. The maximum Gasteiger partial charge on any atom is 0.136 e. The number of fused-ring (bicyclic) bond motifs is 6. The molecule has 0 aliphatic carbocycles. The summed E-state index contributed by atoms with van der Waals surface area (Å²) in [6, 6.07) is -28.8. The van der Waals surface area contributed by atoms with Gasteiger partial charge in [-0.15, -0.1) is 0 Å². The summed E-state index contributed by atoms with van der Waals surface area (Å²) in [6.07, 6.45) is 0. The Morgan fingerprint density at radius 1 is 0.286 bits per heavy atom. The molecule has 0 amide bonds. The maximum absolute atomic E-state index is 9.87. The normalized spacial score (nSPS) is 20.2. The molecule has 0 atom stereocenters. The summed E-state index contributed by atoms with van der Waals surface area (Å²) in [5, 5.41) is -5.67. The van der Waals surface area contributed by atoms with E-state index in [1.54, 1.807) is 0 Å².